The number of halogens is 3. The molecule has 1 amide bonds. The van der Waals surface area contributed by atoms with Gasteiger partial charge in [-0.2, -0.15) is 13.2 Å². The average molecular weight is 467 g/mol. The third-order valence-corrected chi connectivity index (χ3v) is 5.78. The normalized spacial score (nSPS) is 20.5. The predicted molar refractivity (Wildman–Crippen MR) is 118 cm³/mol. The third kappa shape index (κ3) is 6.37. The molecule has 0 aliphatic carbocycles. The number of pyridine rings is 1. The Kier molecular flexibility index (Phi) is 6.66. The fourth-order valence-electron chi connectivity index (χ4n) is 4.31. The van der Waals surface area contributed by atoms with Crippen LogP contribution in [0.5, 0.6) is 0 Å². The number of alkyl halides is 3. The Morgan fingerprint density at radius 1 is 1.09 bits per heavy atom. The molecular formula is C24H29F3N2O4. The van der Waals surface area contributed by atoms with Gasteiger partial charge in [0.1, 0.15) is 12.1 Å². The van der Waals surface area contributed by atoms with E-state index in [4.69, 9.17) is 4.74 Å². The predicted octanol–water partition coefficient (Wildman–Crippen LogP) is 4.90. The van der Waals surface area contributed by atoms with Crippen molar-refractivity contribution in [1.82, 2.24) is 9.47 Å². The van der Waals surface area contributed by atoms with Gasteiger partial charge in [-0.3, -0.25) is 4.79 Å². The van der Waals surface area contributed by atoms with Crippen molar-refractivity contribution in [3.05, 3.63) is 58.5 Å². The summed E-state index contributed by atoms with van der Waals surface area (Å²) in [5.41, 5.74) is -0.443. The van der Waals surface area contributed by atoms with Crippen molar-refractivity contribution < 1.29 is 27.8 Å². The maximum Gasteiger partial charge on any atom is 0.410 e. The van der Waals surface area contributed by atoms with Gasteiger partial charge in [0, 0.05) is 31.6 Å². The first kappa shape index (κ1) is 24.8. The van der Waals surface area contributed by atoms with Gasteiger partial charge in [0.05, 0.1) is 11.6 Å². The Balaban J connectivity index is 1.74. The summed E-state index contributed by atoms with van der Waals surface area (Å²) in [5.74, 6) is 0. The zero-order valence-corrected chi connectivity index (χ0v) is 19.1. The number of aliphatic hydroxyl groups is 1. The zero-order chi connectivity index (χ0) is 24.6. The number of ether oxygens (including phenoxy) is 1. The summed E-state index contributed by atoms with van der Waals surface area (Å²) in [7, 11) is 0. The monoisotopic (exact) mass is 466 g/mol. The minimum Gasteiger partial charge on any atom is -0.443 e. The fraction of sp³-hybridized carbons (Fsp3) is 0.500. The molecule has 0 spiro atoms. The van der Waals surface area contributed by atoms with Crippen LogP contribution in [0.15, 0.2) is 47.4 Å². The molecule has 0 unspecified atom stereocenters. The van der Waals surface area contributed by atoms with Gasteiger partial charge in [0.15, 0.2) is 0 Å². The molecule has 2 atom stereocenters. The Labute approximate surface area is 190 Å². The van der Waals surface area contributed by atoms with E-state index in [0.29, 0.717) is 35.1 Å². The molecule has 1 aliphatic rings. The molecule has 1 saturated heterocycles. The van der Waals surface area contributed by atoms with Crippen molar-refractivity contribution in [2.24, 2.45) is 0 Å². The Morgan fingerprint density at radius 3 is 2.24 bits per heavy atom. The Bertz CT molecular complexity index is 1060. The van der Waals surface area contributed by atoms with Crippen LogP contribution in [0.25, 0.3) is 11.1 Å². The van der Waals surface area contributed by atoms with Gasteiger partial charge in [0.25, 0.3) is 5.56 Å². The second-order valence-corrected chi connectivity index (χ2v) is 9.55. The number of hydrogen-bond donors (Lipinski definition) is 1. The fourth-order valence-corrected chi connectivity index (χ4v) is 4.31. The SMILES string of the molecule is C[C@@H](c1ccc(-c2ccc(=O)n(CC(F)(F)F)c2)cc1)N1CC[C@@](C)(CC(C)(C)O)OC1=O. The van der Waals surface area contributed by atoms with Crippen LogP contribution >= 0.6 is 0 Å². The quantitative estimate of drug-likeness (QED) is 0.657. The molecular weight excluding hydrogens is 437 g/mol. The summed E-state index contributed by atoms with van der Waals surface area (Å²) in [6.45, 7) is 6.17. The van der Waals surface area contributed by atoms with E-state index in [1.165, 1.54) is 12.3 Å². The molecule has 1 aromatic carbocycles. The van der Waals surface area contributed by atoms with Crippen molar-refractivity contribution in [1.29, 1.82) is 0 Å². The van der Waals surface area contributed by atoms with E-state index in [0.717, 1.165) is 11.6 Å². The Morgan fingerprint density at radius 2 is 1.70 bits per heavy atom. The summed E-state index contributed by atoms with van der Waals surface area (Å²) in [4.78, 5) is 26.0. The molecule has 0 saturated carbocycles. The molecule has 1 N–H and O–H groups in total. The first-order valence-electron chi connectivity index (χ1n) is 10.8. The lowest BCUT2D eigenvalue weighted by atomic mass is 9.87. The molecule has 0 radical (unpaired) electrons. The highest BCUT2D eigenvalue weighted by Crippen LogP contribution is 2.35. The number of carbonyl (C=O) groups is 1. The molecule has 0 bridgehead atoms. The maximum atomic E-state index is 12.7. The molecule has 180 valence electrons. The molecule has 1 fully saturated rings. The van der Waals surface area contributed by atoms with Gasteiger partial charge in [-0.05, 0) is 50.5 Å². The summed E-state index contributed by atoms with van der Waals surface area (Å²) >= 11 is 0. The van der Waals surface area contributed by atoms with Gasteiger partial charge in [-0.25, -0.2) is 4.79 Å². The highest BCUT2D eigenvalue weighted by molar-refractivity contribution is 5.70. The van der Waals surface area contributed by atoms with Gasteiger partial charge in [0.2, 0.25) is 0 Å². The second kappa shape index (κ2) is 8.85. The van der Waals surface area contributed by atoms with Crippen LogP contribution in [-0.4, -0.2) is 44.6 Å². The molecule has 33 heavy (non-hydrogen) atoms. The van der Waals surface area contributed by atoms with E-state index < -0.39 is 35.6 Å². The smallest absolute Gasteiger partial charge is 0.410 e. The summed E-state index contributed by atoms with van der Waals surface area (Å²) in [6.07, 6.45) is -2.85. The second-order valence-electron chi connectivity index (χ2n) is 9.55. The third-order valence-electron chi connectivity index (χ3n) is 5.78. The van der Waals surface area contributed by atoms with E-state index in [1.807, 2.05) is 13.8 Å². The first-order chi connectivity index (χ1) is 15.2. The van der Waals surface area contributed by atoms with Crippen molar-refractivity contribution in [3.63, 3.8) is 0 Å². The van der Waals surface area contributed by atoms with E-state index in [-0.39, 0.29) is 6.04 Å². The molecule has 2 heterocycles. The van der Waals surface area contributed by atoms with E-state index in [2.05, 4.69) is 0 Å². The van der Waals surface area contributed by atoms with Crippen molar-refractivity contribution in [2.75, 3.05) is 6.54 Å². The summed E-state index contributed by atoms with van der Waals surface area (Å²) < 4.78 is 44.5. The number of benzene rings is 1. The van der Waals surface area contributed by atoms with Gasteiger partial charge in [-0.15, -0.1) is 0 Å². The highest BCUT2D eigenvalue weighted by atomic mass is 19.4. The van der Waals surface area contributed by atoms with Crippen molar-refractivity contribution in [3.8, 4) is 11.1 Å². The van der Waals surface area contributed by atoms with Crippen molar-refractivity contribution in [2.45, 2.75) is 70.5 Å². The number of rotatable bonds is 6. The maximum absolute atomic E-state index is 12.7. The van der Waals surface area contributed by atoms with Crippen LogP contribution in [-0.2, 0) is 11.3 Å². The van der Waals surface area contributed by atoms with E-state index in [9.17, 15) is 27.9 Å². The molecule has 1 aromatic heterocycles. The lowest BCUT2D eigenvalue weighted by Gasteiger charge is -2.43. The van der Waals surface area contributed by atoms with Crippen LogP contribution in [0, 0.1) is 0 Å². The number of nitrogens with zero attached hydrogens (tertiary/aromatic N) is 2. The van der Waals surface area contributed by atoms with Gasteiger partial charge in [-0.1, -0.05) is 24.3 Å². The van der Waals surface area contributed by atoms with E-state index in [1.54, 1.807) is 43.0 Å². The molecule has 3 rings (SSSR count). The molecule has 9 heteroatoms. The standard InChI is InChI=1S/C24H29F3N2O4/c1-16(29-12-11-23(4,33-21(29)31)14-22(2,3)32)17-5-7-18(8-6-17)19-9-10-20(30)28(13-19)15-24(25,26)27/h5-10,13,16,32H,11-12,14-15H2,1-4H3/t16-,23-/m0/s1. The van der Waals surface area contributed by atoms with Gasteiger partial charge >= 0.3 is 12.3 Å². The first-order valence-corrected chi connectivity index (χ1v) is 10.8. The zero-order valence-electron chi connectivity index (χ0n) is 19.1. The lowest BCUT2D eigenvalue weighted by molar-refractivity contribution is -0.141. The largest absolute Gasteiger partial charge is 0.443 e. The minimum atomic E-state index is -4.49. The number of aromatic nitrogens is 1. The number of hydrogen-bond acceptors (Lipinski definition) is 4. The molecule has 2 aromatic rings. The summed E-state index contributed by atoms with van der Waals surface area (Å²) in [5, 5.41) is 10.1. The minimum absolute atomic E-state index is 0.280. The van der Waals surface area contributed by atoms with Crippen LogP contribution < -0.4 is 5.56 Å². The average Bonchev–Trinajstić information content (AvgIpc) is 2.66. The highest BCUT2D eigenvalue weighted by Gasteiger charge is 2.41. The van der Waals surface area contributed by atoms with Crippen molar-refractivity contribution >= 4 is 6.09 Å². The van der Waals surface area contributed by atoms with Crippen LogP contribution in [0.3, 0.4) is 0 Å². The molecule has 6 nitrogen and oxygen atoms in total. The Hall–Kier alpha value is -2.81. The number of carbonyl (C=O) groups excluding carboxylic acids is 1. The lowest BCUT2D eigenvalue weighted by Crippen LogP contribution is -2.51. The summed E-state index contributed by atoms with van der Waals surface area (Å²) in [6, 6.07) is 9.42. The van der Waals surface area contributed by atoms with Crippen LogP contribution in [0.1, 0.15) is 52.1 Å². The van der Waals surface area contributed by atoms with Crippen LogP contribution in [0.4, 0.5) is 18.0 Å². The topological polar surface area (TPSA) is 71.8 Å². The van der Waals surface area contributed by atoms with E-state index >= 15 is 0 Å². The van der Waals surface area contributed by atoms with Crippen LogP contribution in [0.2, 0.25) is 0 Å². The number of amides is 1. The number of cyclic esters (lactones) is 1. The molecule has 1 aliphatic heterocycles. The van der Waals surface area contributed by atoms with Gasteiger partial charge < -0.3 is 19.3 Å².